The molecule has 0 fully saturated rings. The highest BCUT2D eigenvalue weighted by molar-refractivity contribution is 5.71. The molecule has 0 radical (unpaired) electrons. The predicted octanol–water partition coefficient (Wildman–Crippen LogP) is 4.18. The van der Waals surface area contributed by atoms with Gasteiger partial charge in [0.15, 0.2) is 0 Å². The zero-order chi connectivity index (χ0) is 22.4. The zero-order valence-corrected chi connectivity index (χ0v) is 18.2. The number of anilines is 1. The number of pyridine rings is 1. The molecule has 5 rings (SSSR count). The Kier molecular flexibility index (Phi) is 4.73. The van der Waals surface area contributed by atoms with Crippen molar-refractivity contribution in [1.82, 2.24) is 29.4 Å². The summed E-state index contributed by atoms with van der Waals surface area (Å²) in [7, 11) is 3.73. The van der Waals surface area contributed by atoms with Crippen molar-refractivity contribution >= 4 is 11.7 Å². The van der Waals surface area contributed by atoms with Gasteiger partial charge in [0.25, 0.3) is 5.89 Å². The molecule has 0 bridgehead atoms. The number of benzene rings is 1. The van der Waals surface area contributed by atoms with Crippen LogP contribution in [0.2, 0.25) is 0 Å². The maximum atomic E-state index is 15.0. The molecule has 0 saturated carbocycles. The second kappa shape index (κ2) is 7.60. The van der Waals surface area contributed by atoms with Crippen LogP contribution in [0.5, 0.6) is 0 Å². The molecule has 0 unspecified atom stereocenters. The first-order valence-corrected chi connectivity index (χ1v) is 10.2. The smallest absolute Gasteiger partial charge is 0.318 e. The van der Waals surface area contributed by atoms with Crippen LogP contribution in [0.3, 0.4) is 0 Å². The van der Waals surface area contributed by atoms with Gasteiger partial charge in [0, 0.05) is 50.5 Å². The van der Waals surface area contributed by atoms with Gasteiger partial charge in [-0.2, -0.15) is 5.10 Å². The molecule has 0 saturated heterocycles. The lowest BCUT2D eigenvalue weighted by Gasteiger charge is -2.14. The monoisotopic (exact) mass is 431 g/mol. The van der Waals surface area contributed by atoms with Crippen molar-refractivity contribution in [3.63, 3.8) is 0 Å². The lowest BCUT2D eigenvalue weighted by atomic mass is 10.0. The summed E-state index contributed by atoms with van der Waals surface area (Å²) in [4.78, 5) is 6.07. The number of aromatic nitrogens is 6. The van der Waals surface area contributed by atoms with E-state index < -0.39 is 5.82 Å². The number of halogens is 1. The number of hydrogen-bond donors (Lipinski definition) is 0. The highest BCUT2D eigenvalue weighted by Crippen LogP contribution is 2.31. The number of fused-ring (bicyclic) bond motifs is 1. The fourth-order valence-corrected chi connectivity index (χ4v) is 3.92. The molecule has 0 atom stereocenters. The Hall–Kier alpha value is -4.01. The van der Waals surface area contributed by atoms with Crippen LogP contribution in [0.25, 0.3) is 28.2 Å². The molecular formula is C23H22FN7O. The van der Waals surface area contributed by atoms with Crippen molar-refractivity contribution < 1.29 is 8.81 Å². The maximum absolute atomic E-state index is 15.0. The average Bonchev–Trinajstić information content (AvgIpc) is 3.48. The number of nitrogens with zero attached hydrogens (tertiary/aromatic N) is 7. The van der Waals surface area contributed by atoms with Gasteiger partial charge in [-0.3, -0.25) is 4.68 Å². The summed E-state index contributed by atoms with van der Waals surface area (Å²) in [5.41, 5.74) is 5.72. The number of rotatable bonds is 5. The van der Waals surface area contributed by atoms with Crippen molar-refractivity contribution in [3.8, 4) is 22.6 Å². The van der Waals surface area contributed by atoms with Gasteiger partial charge in [-0.15, -0.1) is 5.10 Å². The first-order valence-electron chi connectivity index (χ1n) is 10.2. The van der Waals surface area contributed by atoms with E-state index in [0.717, 1.165) is 33.7 Å². The summed E-state index contributed by atoms with van der Waals surface area (Å²) in [6, 6.07) is 9.26. The lowest BCUT2D eigenvalue weighted by molar-refractivity contribution is 0.547. The summed E-state index contributed by atoms with van der Waals surface area (Å²) in [5, 5.41) is 12.6. The van der Waals surface area contributed by atoms with Gasteiger partial charge in [0.1, 0.15) is 11.5 Å². The highest BCUT2D eigenvalue weighted by Gasteiger charge is 2.18. The summed E-state index contributed by atoms with van der Waals surface area (Å²) in [6.45, 7) is 4.43. The Morgan fingerprint density at radius 2 is 1.97 bits per heavy atom. The van der Waals surface area contributed by atoms with E-state index in [1.807, 2.05) is 67.8 Å². The minimum absolute atomic E-state index is 0.139. The second-order valence-electron chi connectivity index (χ2n) is 7.84. The molecule has 32 heavy (non-hydrogen) atoms. The Bertz CT molecular complexity index is 1430. The Morgan fingerprint density at radius 1 is 1.12 bits per heavy atom. The van der Waals surface area contributed by atoms with Crippen LogP contribution in [-0.4, -0.2) is 36.4 Å². The van der Waals surface area contributed by atoms with E-state index in [4.69, 9.17) is 4.42 Å². The van der Waals surface area contributed by atoms with Gasteiger partial charge in [-0.25, -0.2) is 9.37 Å². The lowest BCUT2D eigenvalue weighted by Crippen LogP contribution is -2.17. The topological polar surface area (TPSA) is 77.3 Å². The minimum Gasteiger partial charge on any atom is -0.403 e. The van der Waals surface area contributed by atoms with Gasteiger partial charge in [-0.05, 0) is 43.2 Å². The summed E-state index contributed by atoms with van der Waals surface area (Å²) in [6.07, 6.45) is 5.64. The summed E-state index contributed by atoms with van der Waals surface area (Å²) in [5.74, 6) is -0.283. The maximum Gasteiger partial charge on any atom is 0.318 e. The van der Waals surface area contributed by atoms with E-state index in [-0.39, 0.29) is 11.5 Å². The second-order valence-corrected chi connectivity index (χ2v) is 7.84. The van der Waals surface area contributed by atoms with Crippen molar-refractivity contribution in [2.75, 3.05) is 11.9 Å². The van der Waals surface area contributed by atoms with Gasteiger partial charge in [-0.1, -0.05) is 17.2 Å². The molecule has 0 amide bonds. The molecule has 1 aromatic carbocycles. The molecule has 4 heterocycles. The van der Waals surface area contributed by atoms with E-state index in [2.05, 4.69) is 20.3 Å². The van der Waals surface area contributed by atoms with Crippen LogP contribution in [0.4, 0.5) is 10.4 Å². The largest absolute Gasteiger partial charge is 0.403 e. The van der Waals surface area contributed by atoms with E-state index in [1.165, 1.54) is 6.07 Å². The van der Waals surface area contributed by atoms with E-state index in [9.17, 15) is 4.39 Å². The van der Waals surface area contributed by atoms with Crippen LogP contribution in [0.15, 0.2) is 53.3 Å². The average molecular weight is 431 g/mol. The van der Waals surface area contributed by atoms with Gasteiger partial charge < -0.3 is 13.7 Å². The number of hydrogen-bond acceptors (Lipinski definition) is 6. The third-order valence-corrected chi connectivity index (χ3v) is 5.61. The molecule has 4 aromatic heterocycles. The first-order chi connectivity index (χ1) is 15.4. The van der Waals surface area contributed by atoms with Gasteiger partial charge in [0.05, 0.1) is 11.3 Å². The summed E-state index contributed by atoms with van der Waals surface area (Å²) >= 11 is 0. The SMILES string of the molecule is Cc1nn(C)c(C)c1-c1ccc(-c2nnc(N(C)Cc3ccc4nccn4c3)o2)c(F)c1. The fraction of sp³-hybridized carbons (Fsp3) is 0.217. The summed E-state index contributed by atoms with van der Waals surface area (Å²) < 4.78 is 24.5. The molecule has 0 N–H and O–H groups in total. The van der Waals surface area contributed by atoms with Gasteiger partial charge >= 0.3 is 6.01 Å². The Labute approximate surface area is 183 Å². The van der Waals surface area contributed by atoms with Crippen molar-refractivity contribution in [3.05, 3.63) is 71.7 Å². The molecular weight excluding hydrogens is 409 g/mol. The highest BCUT2D eigenvalue weighted by atomic mass is 19.1. The van der Waals surface area contributed by atoms with Crippen LogP contribution in [-0.2, 0) is 13.6 Å². The Balaban J connectivity index is 1.39. The standard InChI is InChI=1S/C23H22FN7O/c1-14-21(15(2)30(4)28-14)17-6-7-18(19(24)11-17)22-26-27-23(32-22)29(3)12-16-5-8-20-25-9-10-31(20)13-16/h5-11,13H,12H2,1-4H3. The number of aryl methyl sites for hydroxylation is 2. The third kappa shape index (κ3) is 3.41. The molecule has 8 nitrogen and oxygen atoms in total. The molecule has 5 aromatic rings. The molecule has 0 aliphatic carbocycles. The van der Waals surface area contributed by atoms with E-state index in [1.54, 1.807) is 16.9 Å². The molecule has 9 heteroatoms. The molecule has 0 aliphatic rings. The molecule has 162 valence electrons. The zero-order valence-electron chi connectivity index (χ0n) is 18.2. The van der Waals surface area contributed by atoms with E-state index >= 15 is 0 Å². The van der Waals surface area contributed by atoms with Crippen molar-refractivity contribution in [2.24, 2.45) is 7.05 Å². The van der Waals surface area contributed by atoms with Crippen LogP contribution in [0, 0.1) is 19.7 Å². The Morgan fingerprint density at radius 3 is 2.72 bits per heavy atom. The quantitative estimate of drug-likeness (QED) is 0.416. The first kappa shape index (κ1) is 19.9. The molecule has 0 spiro atoms. The predicted molar refractivity (Wildman–Crippen MR) is 119 cm³/mol. The van der Waals surface area contributed by atoms with Crippen LogP contribution in [0.1, 0.15) is 17.0 Å². The third-order valence-electron chi connectivity index (χ3n) is 5.61. The van der Waals surface area contributed by atoms with Gasteiger partial charge in [0.2, 0.25) is 0 Å². The normalized spacial score (nSPS) is 11.4. The van der Waals surface area contributed by atoms with Crippen LogP contribution >= 0.6 is 0 Å². The van der Waals surface area contributed by atoms with Crippen LogP contribution < -0.4 is 4.90 Å². The number of imidazole rings is 1. The van der Waals surface area contributed by atoms with E-state index in [0.29, 0.717) is 12.6 Å². The van der Waals surface area contributed by atoms with Crippen molar-refractivity contribution in [2.45, 2.75) is 20.4 Å². The van der Waals surface area contributed by atoms with Crippen molar-refractivity contribution in [1.29, 1.82) is 0 Å². The minimum atomic E-state index is -0.423. The fourth-order valence-electron chi connectivity index (χ4n) is 3.92. The molecule has 0 aliphatic heterocycles.